The number of anilines is 1. The van der Waals surface area contributed by atoms with E-state index in [1.807, 2.05) is 26.8 Å². The predicted octanol–water partition coefficient (Wildman–Crippen LogP) is 5.25. The third-order valence-electron chi connectivity index (χ3n) is 5.77. The van der Waals surface area contributed by atoms with E-state index in [-0.39, 0.29) is 17.7 Å². The van der Waals surface area contributed by atoms with Crippen molar-refractivity contribution in [3.63, 3.8) is 0 Å². The number of aromatic carboxylic acids is 1. The molecule has 3 aromatic rings. The van der Waals surface area contributed by atoms with Gasteiger partial charge in [0.05, 0.1) is 21.4 Å². The van der Waals surface area contributed by atoms with Gasteiger partial charge in [0.1, 0.15) is 12.2 Å². The second-order valence-electron chi connectivity index (χ2n) is 8.86. The molecule has 2 N–H and O–H groups in total. The summed E-state index contributed by atoms with van der Waals surface area (Å²) in [5.74, 6) is -1.74. The molecular formula is C29H25IN2O7. The van der Waals surface area contributed by atoms with Gasteiger partial charge in [-0.3, -0.25) is 14.9 Å². The highest BCUT2D eigenvalue weighted by Gasteiger charge is 2.37. The highest BCUT2D eigenvalue weighted by Crippen LogP contribution is 2.36. The molecule has 4 amide bonds. The Morgan fingerprint density at radius 1 is 1.03 bits per heavy atom. The topological polar surface area (TPSA) is 122 Å². The van der Waals surface area contributed by atoms with Crippen molar-refractivity contribution in [1.29, 1.82) is 0 Å². The normalized spacial score (nSPS) is 14.4. The molecule has 0 atom stereocenters. The molecule has 1 heterocycles. The number of halogens is 1. The van der Waals surface area contributed by atoms with E-state index in [2.05, 4.69) is 27.9 Å². The minimum absolute atomic E-state index is 0.103. The Hall–Kier alpha value is -4.19. The third kappa shape index (κ3) is 6.28. The molecule has 0 bridgehead atoms. The fourth-order valence-electron chi connectivity index (χ4n) is 4.16. The molecule has 3 aromatic carbocycles. The van der Waals surface area contributed by atoms with Crippen LogP contribution in [0.15, 0.2) is 60.2 Å². The van der Waals surface area contributed by atoms with E-state index >= 15 is 0 Å². The van der Waals surface area contributed by atoms with E-state index < -0.39 is 23.8 Å². The highest BCUT2D eigenvalue weighted by atomic mass is 127. The summed E-state index contributed by atoms with van der Waals surface area (Å²) in [6.07, 6.45) is 1.41. The molecule has 4 rings (SSSR count). The summed E-state index contributed by atoms with van der Waals surface area (Å²) in [5.41, 5.74) is 3.22. The van der Waals surface area contributed by atoms with E-state index in [1.54, 1.807) is 36.4 Å². The average Bonchev–Trinajstić information content (AvgIpc) is 2.86. The lowest BCUT2D eigenvalue weighted by Crippen LogP contribution is -2.54. The number of carboxylic acids is 1. The maximum atomic E-state index is 13.3. The third-order valence-corrected chi connectivity index (χ3v) is 6.57. The summed E-state index contributed by atoms with van der Waals surface area (Å²) in [7, 11) is 0. The number of urea groups is 1. The first-order valence-corrected chi connectivity index (χ1v) is 13.1. The number of imide groups is 2. The number of hydrogen-bond donors (Lipinski definition) is 2. The molecule has 39 heavy (non-hydrogen) atoms. The predicted molar refractivity (Wildman–Crippen MR) is 153 cm³/mol. The smallest absolute Gasteiger partial charge is 0.335 e. The maximum absolute atomic E-state index is 13.3. The second-order valence-corrected chi connectivity index (χ2v) is 10.0. The fraction of sp³-hybridized carbons (Fsp3) is 0.172. The quantitative estimate of drug-likeness (QED) is 0.196. The van der Waals surface area contributed by atoms with Gasteiger partial charge < -0.3 is 14.6 Å². The van der Waals surface area contributed by atoms with E-state index in [0.29, 0.717) is 38.5 Å². The van der Waals surface area contributed by atoms with Crippen LogP contribution in [-0.2, 0) is 16.2 Å². The van der Waals surface area contributed by atoms with E-state index in [4.69, 9.17) is 9.47 Å². The van der Waals surface area contributed by atoms with Crippen molar-refractivity contribution >= 4 is 58.2 Å². The molecule has 1 fully saturated rings. The number of ether oxygens (including phenoxy) is 2. The molecule has 0 aromatic heterocycles. The van der Waals surface area contributed by atoms with Crippen LogP contribution in [0.2, 0.25) is 0 Å². The summed E-state index contributed by atoms with van der Waals surface area (Å²) in [6.45, 7) is 5.95. The fourth-order valence-corrected chi connectivity index (χ4v) is 4.94. The first-order valence-electron chi connectivity index (χ1n) is 12.0. The van der Waals surface area contributed by atoms with Gasteiger partial charge in [0.15, 0.2) is 11.5 Å². The zero-order valence-corrected chi connectivity index (χ0v) is 23.6. The van der Waals surface area contributed by atoms with Crippen LogP contribution in [0.25, 0.3) is 6.08 Å². The Labute approximate surface area is 238 Å². The van der Waals surface area contributed by atoms with Crippen LogP contribution in [0.5, 0.6) is 11.5 Å². The molecule has 1 aliphatic heterocycles. The second kappa shape index (κ2) is 11.7. The summed E-state index contributed by atoms with van der Waals surface area (Å²) < 4.78 is 12.4. The lowest BCUT2D eigenvalue weighted by Gasteiger charge is -2.27. The molecule has 200 valence electrons. The Balaban J connectivity index is 1.66. The summed E-state index contributed by atoms with van der Waals surface area (Å²) in [4.78, 5) is 50.8. The van der Waals surface area contributed by atoms with Crippen molar-refractivity contribution in [3.8, 4) is 11.5 Å². The monoisotopic (exact) mass is 640 g/mol. The van der Waals surface area contributed by atoms with E-state index in [1.165, 1.54) is 18.2 Å². The molecule has 0 aliphatic carbocycles. The average molecular weight is 640 g/mol. The van der Waals surface area contributed by atoms with Gasteiger partial charge in [0, 0.05) is 0 Å². The zero-order chi connectivity index (χ0) is 28.3. The zero-order valence-electron chi connectivity index (χ0n) is 21.4. The molecule has 0 unspecified atom stereocenters. The molecule has 10 heteroatoms. The van der Waals surface area contributed by atoms with Crippen molar-refractivity contribution in [3.05, 3.63) is 91.6 Å². The first-order chi connectivity index (χ1) is 18.6. The lowest BCUT2D eigenvalue weighted by atomic mass is 10.0. The Morgan fingerprint density at radius 2 is 1.74 bits per heavy atom. The molecule has 0 radical (unpaired) electrons. The van der Waals surface area contributed by atoms with Gasteiger partial charge in [-0.15, -0.1) is 0 Å². The van der Waals surface area contributed by atoms with Gasteiger partial charge >= 0.3 is 12.0 Å². The molecule has 9 nitrogen and oxygen atoms in total. The first kappa shape index (κ1) is 27.8. The van der Waals surface area contributed by atoms with Gasteiger partial charge in [-0.05, 0) is 108 Å². The number of nitrogens with one attached hydrogen (secondary N) is 1. The van der Waals surface area contributed by atoms with Crippen LogP contribution < -0.4 is 19.7 Å². The lowest BCUT2D eigenvalue weighted by molar-refractivity contribution is -0.122. The number of aryl methyl sites for hydroxylation is 2. The molecule has 0 spiro atoms. The van der Waals surface area contributed by atoms with Gasteiger partial charge in [0.25, 0.3) is 11.8 Å². The van der Waals surface area contributed by atoms with Crippen molar-refractivity contribution in [2.75, 3.05) is 11.5 Å². The van der Waals surface area contributed by atoms with Crippen LogP contribution in [0.4, 0.5) is 10.5 Å². The van der Waals surface area contributed by atoms with Gasteiger partial charge in [-0.2, -0.15) is 0 Å². The number of hydrogen-bond acceptors (Lipinski definition) is 6. The van der Waals surface area contributed by atoms with Crippen LogP contribution in [0.1, 0.15) is 39.5 Å². The molecule has 1 aliphatic rings. The van der Waals surface area contributed by atoms with Crippen molar-refractivity contribution in [2.45, 2.75) is 27.4 Å². The van der Waals surface area contributed by atoms with Gasteiger partial charge in [0.2, 0.25) is 0 Å². The largest absolute Gasteiger partial charge is 0.490 e. The van der Waals surface area contributed by atoms with Crippen LogP contribution in [0.3, 0.4) is 0 Å². The van der Waals surface area contributed by atoms with Crippen LogP contribution >= 0.6 is 22.6 Å². The number of carbonyl (C=O) groups excluding carboxylic acids is 3. The van der Waals surface area contributed by atoms with Crippen LogP contribution in [0, 0.1) is 17.4 Å². The summed E-state index contributed by atoms with van der Waals surface area (Å²) >= 11 is 2.06. The standard InChI is InChI=1S/C29H25IN2O7/c1-4-38-24-14-19(13-23(30)25(24)39-15-18-6-5-7-20(11-18)28(35)36)12-22-26(33)31-29(37)32(27(22)34)21-9-16(2)8-17(3)10-21/h5-14H,4,15H2,1-3H3,(H,35,36)(H,31,33,37)/b22-12+. The SMILES string of the molecule is CCOc1cc(/C=C2\C(=O)NC(=O)N(c3cc(C)cc(C)c3)C2=O)cc(I)c1OCc1cccc(C(=O)O)c1. The van der Waals surface area contributed by atoms with Gasteiger partial charge in [-0.25, -0.2) is 14.5 Å². The Kier molecular flexibility index (Phi) is 8.34. The number of benzene rings is 3. The van der Waals surface area contributed by atoms with Crippen molar-refractivity contribution in [2.24, 2.45) is 0 Å². The number of amides is 4. The van der Waals surface area contributed by atoms with E-state index in [9.17, 15) is 24.3 Å². The Bertz CT molecular complexity index is 1510. The highest BCUT2D eigenvalue weighted by molar-refractivity contribution is 14.1. The Morgan fingerprint density at radius 3 is 2.41 bits per heavy atom. The van der Waals surface area contributed by atoms with Crippen LogP contribution in [-0.4, -0.2) is 35.5 Å². The number of barbiturate groups is 1. The van der Waals surface area contributed by atoms with Gasteiger partial charge in [-0.1, -0.05) is 18.2 Å². The summed E-state index contributed by atoms with van der Waals surface area (Å²) in [6, 6.07) is 14.3. The number of rotatable bonds is 8. The van der Waals surface area contributed by atoms with Crippen molar-refractivity contribution < 1.29 is 33.8 Å². The molecular weight excluding hydrogens is 615 g/mol. The molecule has 1 saturated heterocycles. The number of carbonyl (C=O) groups is 4. The number of carboxylic acid groups (broad SMARTS) is 1. The number of nitrogens with zero attached hydrogens (tertiary/aromatic N) is 1. The van der Waals surface area contributed by atoms with Crippen molar-refractivity contribution in [1.82, 2.24) is 5.32 Å². The summed E-state index contributed by atoms with van der Waals surface area (Å²) in [5, 5.41) is 11.5. The maximum Gasteiger partial charge on any atom is 0.335 e. The minimum Gasteiger partial charge on any atom is -0.490 e. The minimum atomic E-state index is -1.03. The van der Waals surface area contributed by atoms with E-state index in [0.717, 1.165) is 16.0 Å². The molecule has 0 saturated carbocycles.